The third-order valence-electron chi connectivity index (χ3n) is 1.21. The second kappa shape index (κ2) is 7.47. The lowest BCUT2D eigenvalue weighted by atomic mass is 10.1. The van der Waals surface area contributed by atoms with Crippen LogP contribution in [0, 0.1) is 0 Å². The summed E-state index contributed by atoms with van der Waals surface area (Å²) < 4.78 is 0. The van der Waals surface area contributed by atoms with E-state index in [1.807, 2.05) is 25.2 Å². The molecule has 0 radical (unpaired) electrons. The first kappa shape index (κ1) is 13.0. The Balaban J connectivity index is 0. The zero-order chi connectivity index (χ0) is 7.98. The van der Waals surface area contributed by atoms with Crippen molar-refractivity contribution in [2.24, 2.45) is 0 Å². The zero-order valence-electron chi connectivity index (χ0n) is 6.91. The molecule has 0 aromatic heterocycles. The molecule has 3 heteroatoms. The smallest absolute Gasteiger partial charge is 0.0761 e. The normalized spacial score (nSPS) is 20.7. The lowest BCUT2D eigenvalue weighted by Crippen LogP contribution is -2.03. The predicted molar refractivity (Wildman–Crippen MR) is 45.3 cm³/mol. The van der Waals surface area contributed by atoms with Crippen LogP contribution in [0.15, 0.2) is 23.8 Å². The van der Waals surface area contributed by atoms with Crippen molar-refractivity contribution < 1.29 is 15.7 Å². The van der Waals surface area contributed by atoms with Crippen molar-refractivity contribution in [1.29, 1.82) is 0 Å². The molecule has 1 atom stereocenters. The fourth-order valence-electron chi connectivity index (χ4n) is 0.820. The van der Waals surface area contributed by atoms with Gasteiger partial charge in [0.25, 0.3) is 0 Å². The maximum atomic E-state index is 8.95. The van der Waals surface area contributed by atoms with E-state index in [1.165, 1.54) is 0 Å². The molecule has 0 bridgehead atoms. The molecular formula is C8H16O3. The van der Waals surface area contributed by atoms with Crippen molar-refractivity contribution in [3.63, 3.8) is 0 Å². The van der Waals surface area contributed by atoms with Crippen LogP contribution in [0.25, 0.3) is 0 Å². The van der Waals surface area contributed by atoms with Crippen molar-refractivity contribution >= 4 is 0 Å². The first-order chi connectivity index (χ1) is 4.79. The summed E-state index contributed by atoms with van der Waals surface area (Å²) in [6, 6.07) is 0. The summed E-state index contributed by atoms with van der Waals surface area (Å²) in [5.74, 6) is 0. The lowest BCUT2D eigenvalue weighted by Gasteiger charge is -2.06. The third kappa shape index (κ3) is 5.79. The van der Waals surface area contributed by atoms with E-state index in [4.69, 9.17) is 10.2 Å². The van der Waals surface area contributed by atoms with Crippen molar-refractivity contribution in [3.8, 4) is 0 Å². The predicted octanol–water partition coefficient (Wildman–Crippen LogP) is 0.0373. The Bertz CT molecular complexity index is 138. The van der Waals surface area contributed by atoms with Crippen LogP contribution in [0.3, 0.4) is 0 Å². The molecule has 0 spiro atoms. The highest BCUT2D eigenvalue weighted by Gasteiger charge is 1.99. The van der Waals surface area contributed by atoms with Gasteiger partial charge in [0, 0.05) is 7.11 Å². The van der Waals surface area contributed by atoms with Gasteiger partial charge in [0.15, 0.2) is 0 Å². The Labute approximate surface area is 67.0 Å². The number of aliphatic hydroxyl groups is 2. The number of hydrogen-bond donors (Lipinski definition) is 2. The molecule has 0 aromatic rings. The summed E-state index contributed by atoms with van der Waals surface area (Å²) >= 11 is 0. The van der Waals surface area contributed by atoms with Gasteiger partial charge in [0.05, 0.1) is 6.10 Å². The van der Waals surface area contributed by atoms with Crippen LogP contribution in [-0.4, -0.2) is 28.9 Å². The SMILES string of the molecule is CC1=CC(O)CC=C1.CO.O. The van der Waals surface area contributed by atoms with Crippen LogP contribution in [0.5, 0.6) is 0 Å². The first-order valence-corrected chi connectivity index (χ1v) is 3.27. The summed E-state index contributed by atoms with van der Waals surface area (Å²) in [7, 11) is 1.00. The van der Waals surface area contributed by atoms with Gasteiger partial charge in [-0.15, -0.1) is 0 Å². The van der Waals surface area contributed by atoms with Gasteiger partial charge in [0.2, 0.25) is 0 Å². The van der Waals surface area contributed by atoms with Gasteiger partial charge < -0.3 is 15.7 Å². The second-order valence-electron chi connectivity index (χ2n) is 2.12. The monoisotopic (exact) mass is 160 g/mol. The summed E-state index contributed by atoms with van der Waals surface area (Å²) in [6.45, 7) is 1.98. The van der Waals surface area contributed by atoms with Crippen LogP contribution in [0.4, 0.5) is 0 Å². The van der Waals surface area contributed by atoms with Crippen LogP contribution in [0.2, 0.25) is 0 Å². The fourth-order valence-corrected chi connectivity index (χ4v) is 0.820. The van der Waals surface area contributed by atoms with Crippen LogP contribution >= 0.6 is 0 Å². The first-order valence-electron chi connectivity index (χ1n) is 3.27. The largest absolute Gasteiger partial charge is 0.412 e. The Kier molecular flexibility index (Phi) is 8.82. The van der Waals surface area contributed by atoms with E-state index in [9.17, 15) is 0 Å². The van der Waals surface area contributed by atoms with Crippen LogP contribution < -0.4 is 0 Å². The molecule has 4 N–H and O–H groups in total. The minimum atomic E-state index is -0.236. The van der Waals surface area contributed by atoms with E-state index in [0.717, 1.165) is 19.1 Å². The maximum Gasteiger partial charge on any atom is 0.0761 e. The van der Waals surface area contributed by atoms with Crippen molar-refractivity contribution in [3.05, 3.63) is 23.8 Å². The number of allylic oxidation sites excluding steroid dienone is 2. The fraction of sp³-hybridized carbons (Fsp3) is 0.500. The molecule has 0 aliphatic heterocycles. The highest BCUT2D eigenvalue weighted by Crippen LogP contribution is 2.08. The zero-order valence-corrected chi connectivity index (χ0v) is 6.91. The van der Waals surface area contributed by atoms with Crippen molar-refractivity contribution in [1.82, 2.24) is 0 Å². The average Bonchev–Trinajstić information content (AvgIpc) is 1.91. The molecule has 0 aromatic carbocycles. The molecule has 0 saturated heterocycles. The third-order valence-corrected chi connectivity index (χ3v) is 1.21. The molecule has 11 heavy (non-hydrogen) atoms. The molecule has 1 rings (SSSR count). The maximum absolute atomic E-state index is 8.95. The molecule has 66 valence electrons. The average molecular weight is 160 g/mol. The Morgan fingerprint density at radius 2 is 2.00 bits per heavy atom. The van der Waals surface area contributed by atoms with Gasteiger partial charge in [-0.2, -0.15) is 0 Å². The van der Waals surface area contributed by atoms with Crippen LogP contribution in [0.1, 0.15) is 13.3 Å². The number of hydrogen-bond acceptors (Lipinski definition) is 2. The van der Waals surface area contributed by atoms with Crippen LogP contribution in [-0.2, 0) is 0 Å². The molecule has 0 heterocycles. The molecular weight excluding hydrogens is 144 g/mol. The highest BCUT2D eigenvalue weighted by molar-refractivity contribution is 5.21. The van der Waals surface area contributed by atoms with Gasteiger partial charge in [-0.1, -0.05) is 23.8 Å². The Hall–Kier alpha value is -0.640. The topological polar surface area (TPSA) is 72.0 Å². The van der Waals surface area contributed by atoms with Crippen molar-refractivity contribution in [2.45, 2.75) is 19.4 Å². The van der Waals surface area contributed by atoms with Gasteiger partial charge in [0.1, 0.15) is 0 Å². The van der Waals surface area contributed by atoms with Gasteiger partial charge >= 0.3 is 0 Å². The minimum absolute atomic E-state index is 0. The Morgan fingerprint density at radius 1 is 1.45 bits per heavy atom. The van der Waals surface area contributed by atoms with Gasteiger partial charge in [-0.25, -0.2) is 0 Å². The molecule has 1 aliphatic carbocycles. The van der Waals surface area contributed by atoms with E-state index < -0.39 is 0 Å². The minimum Gasteiger partial charge on any atom is -0.412 e. The second-order valence-corrected chi connectivity index (χ2v) is 2.12. The number of rotatable bonds is 0. The molecule has 0 amide bonds. The van der Waals surface area contributed by atoms with E-state index in [-0.39, 0.29) is 11.6 Å². The summed E-state index contributed by atoms with van der Waals surface area (Å²) in [6.07, 6.45) is 6.41. The molecule has 3 nitrogen and oxygen atoms in total. The van der Waals surface area contributed by atoms with Crippen molar-refractivity contribution in [2.75, 3.05) is 7.11 Å². The molecule has 1 aliphatic rings. The Morgan fingerprint density at radius 3 is 2.27 bits per heavy atom. The van der Waals surface area contributed by atoms with E-state index >= 15 is 0 Å². The molecule has 1 unspecified atom stereocenters. The summed E-state index contributed by atoms with van der Waals surface area (Å²) in [4.78, 5) is 0. The summed E-state index contributed by atoms with van der Waals surface area (Å²) in [5, 5.41) is 16.0. The van der Waals surface area contributed by atoms with E-state index in [0.29, 0.717) is 0 Å². The molecule has 0 fully saturated rings. The summed E-state index contributed by atoms with van der Waals surface area (Å²) in [5.41, 5.74) is 1.16. The highest BCUT2D eigenvalue weighted by atomic mass is 16.3. The van der Waals surface area contributed by atoms with Gasteiger partial charge in [-0.05, 0) is 13.3 Å². The number of aliphatic hydroxyl groups excluding tert-OH is 2. The lowest BCUT2D eigenvalue weighted by molar-refractivity contribution is 0.225. The molecule has 0 saturated carbocycles. The van der Waals surface area contributed by atoms with Gasteiger partial charge in [-0.3, -0.25) is 0 Å². The van der Waals surface area contributed by atoms with E-state index in [2.05, 4.69) is 0 Å². The standard InChI is InChI=1S/C7H10O.CH4O.H2O/c1-6-3-2-4-7(8)5-6;1-2;/h2-3,5,7-8H,4H2,1H3;2H,1H3;1H2. The van der Waals surface area contributed by atoms with E-state index in [1.54, 1.807) is 0 Å². The quantitative estimate of drug-likeness (QED) is 0.525.